The van der Waals surface area contributed by atoms with Gasteiger partial charge in [0.25, 0.3) is 0 Å². The number of benzene rings is 1. The topological polar surface area (TPSA) is 103 Å². The van der Waals surface area contributed by atoms with Gasteiger partial charge in [-0.3, -0.25) is 0 Å². The van der Waals surface area contributed by atoms with Gasteiger partial charge < -0.3 is 21.1 Å². The molecule has 1 aliphatic rings. The molecule has 0 radical (unpaired) electrons. The lowest BCUT2D eigenvalue weighted by atomic mass is 10.00. The van der Waals surface area contributed by atoms with Gasteiger partial charge in [0.1, 0.15) is 5.82 Å². The molecule has 2 aromatic heterocycles. The second kappa shape index (κ2) is 7.00. The predicted octanol–water partition coefficient (Wildman–Crippen LogP) is 2.93. The SMILES string of the molecule is NC1(CNc2nc(Nc3ccc(C(F)(F)F)cc3)c3cnn(I)c3n2)COC1. The lowest BCUT2D eigenvalue weighted by molar-refractivity contribution is -0.137. The third-order valence-corrected chi connectivity index (χ3v) is 4.95. The molecule has 4 N–H and O–H groups in total. The fourth-order valence-corrected chi connectivity index (χ4v) is 3.15. The van der Waals surface area contributed by atoms with Crippen molar-refractivity contribution in [2.75, 3.05) is 30.4 Å². The molecule has 0 spiro atoms. The number of nitrogens with one attached hydrogen (secondary N) is 2. The fourth-order valence-electron chi connectivity index (χ4n) is 2.66. The van der Waals surface area contributed by atoms with Crippen molar-refractivity contribution in [3.05, 3.63) is 36.0 Å². The first kappa shape index (κ1) is 19.1. The highest BCUT2D eigenvalue weighted by Crippen LogP contribution is 2.31. The van der Waals surface area contributed by atoms with Crippen molar-refractivity contribution in [2.24, 2.45) is 5.73 Å². The average molecular weight is 505 g/mol. The minimum absolute atomic E-state index is 0.331. The molecule has 0 bridgehead atoms. The van der Waals surface area contributed by atoms with Gasteiger partial charge in [0.2, 0.25) is 5.95 Å². The molecule has 0 saturated carbocycles. The summed E-state index contributed by atoms with van der Waals surface area (Å²) in [5.41, 5.74) is 5.95. The molecule has 148 valence electrons. The third-order valence-electron chi connectivity index (χ3n) is 4.24. The van der Waals surface area contributed by atoms with Crippen LogP contribution in [0, 0.1) is 0 Å². The lowest BCUT2D eigenvalue weighted by Crippen LogP contribution is -2.61. The van der Waals surface area contributed by atoms with E-state index in [0.29, 0.717) is 48.2 Å². The monoisotopic (exact) mass is 505 g/mol. The normalized spacial score (nSPS) is 16.0. The minimum atomic E-state index is -4.39. The van der Waals surface area contributed by atoms with Gasteiger partial charge in [0, 0.05) is 12.2 Å². The maximum absolute atomic E-state index is 12.7. The van der Waals surface area contributed by atoms with Gasteiger partial charge in [-0.25, -0.2) is 0 Å². The molecule has 1 aliphatic heterocycles. The van der Waals surface area contributed by atoms with Crippen LogP contribution in [0.3, 0.4) is 0 Å². The molecule has 1 aromatic carbocycles. The number of ether oxygens (including phenoxy) is 1. The first-order valence-corrected chi connectivity index (χ1v) is 9.17. The van der Waals surface area contributed by atoms with Crippen molar-refractivity contribution in [2.45, 2.75) is 11.7 Å². The summed E-state index contributed by atoms with van der Waals surface area (Å²) in [7, 11) is 0. The molecular weight excluding hydrogens is 490 g/mol. The zero-order valence-corrected chi connectivity index (χ0v) is 16.5. The second-order valence-corrected chi connectivity index (χ2v) is 7.46. The van der Waals surface area contributed by atoms with Crippen LogP contribution in [0.1, 0.15) is 5.56 Å². The van der Waals surface area contributed by atoms with Gasteiger partial charge in [-0.15, -0.1) is 0 Å². The number of halogens is 4. The Morgan fingerprint density at radius 2 is 1.93 bits per heavy atom. The first-order valence-electron chi connectivity index (χ1n) is 8.20. The number of nitrogens with two attached hydrogens (primary N) is 1. The van der Waals surface area contributed by atoms with E-state index in [9.17, 15) is 13.2 Å². The largest absolute Gasteiger partial charge is 0.416 e. The van der Waals surface area contributed by atoms with Gasteiger partial charge in [-0.05, 0) is 24.3 Å². The molecule has 1 fully saturated rings. The van der Waals surface area contributed by atoms with E-state index in [1.165, 1.54) is 12.1 Å². The van der Waals surface area contributed by atoms with Crippen LogP contribution in [0.25, 0.3) is 11.0 Å². The predicted molar refractivity (Wildman–Crippen MR) is 106 cm³/mol. The number of alkyl halides is 3. The number of hydrogen-bond donors (Lipinski definition) is 3. The Morgan fingerprint density at radius 1 is 1.21 bits per heavy atom. The first-order chi connectivity index (χ1) is 13.2. The van der Waals surface area contributed by atoms with Crippen LogP contribution in [0.5, 0.6) is 0 Å². The standard InChI is InChI=1S/C16H15F3IN7O/c17-16(18,19)9-1-3-10(4-2-9)24-12-11-5-23-27(20)13(11)26-14(25-12)22-6-15(21)7-28-8-15/h1-5H,6-8,21H2,(H2,22,24,25,26). The molecule has 0 atom stereocenters. The van der Waals surface area contributed by atoms with Gasteiger partial charge in [0.15, 0.2) is 5.65 Å². The second-order valence-electron chi connectivity index (χ2n) is 6.55. The Morgan fingerprint density at radius 3 is 2.54 bits per heavy atom. The summed E-state index contributed by atoms with van der Waals surface area (Å²) in [6, 6.07) is 4.71. The van der Waals surface area contributed by atoms with E-state index >= 15 is 0 Å². The zero-order valence-electron chi connectivity index (χ0n) is 14.3. The van der Waals surface area contributed by atoms with Crippen molar-refractivity contribution in [1.29, 1.82) is 0 Å². The molecule has 12 heteroatoms. The number of hydrogen-bond acceptors (Lipinski definition) is 7. The van der Waals surface area contributed by atoms with Crippen LogP contribution in [0.2, 0.25) is 0 Å². The smallest absolute Gasteiger partial charge is 0.377 e. The Balaban J connectivity index is 1.61. The maximum Gasteiger partial charge on any atom is 0.416 e. The summed E-state index contributed by atoms with van der Waals surface area (Å²) in [5, 5.41) is 10.9. The summed E-state index contributed by atoms with van der Waals surface area (Å²) in [4.78, 5) is 8.86. The summed E-state index contributed by atoms with van der Waals surface area (Å²) in [5.74, 6) is 0.753. The highest BCUT2D eigenvalue weighted by Gasteiger charge is 2.34. The number of nitrogens with zero attached hydrogens (tertiary/aromatic N) is 4. The van der Waals surface area contributed by atoms with Crippen LogP contribution >= 0.6 is 22.9 Å². The maximum atomic E-state index is 12.7. The molecule has 4 rings (SSSR count). The Bertz CT molecular complexity index is 1000. The minimum Gasteiger partial charge on any atom is -0.377 e. The quantitative estimate of drug-likeness (QED) is 0.459. The summed E-state index contributed by atoms with van der Waals surface area (Å²) >= 11 is 1.98. The molecule has 0 unspecified atom stereocenters. The molecule has 0 aliphatic carbocycles. The van der Waals surface area contributed by atoms with E-state index in [4.69, 9.17) is 10.5 Å². The van der Waals surface area contributed by atoms with E-state index in [1.807, 2.05) is 22.9 Å². The Kier molecular flexibility index (Phi) is 4.79. The molecule has 1 saturated heterocycles. The number of anilines is 3. The number of rotatable bonds is 5. The third kappa shape index (κ3) is 3.84. The number of fused-ring (bicyclic) bond motifs is 1. The molecule has 8 nitrogen and oxygen atoms in total. The van der Waals surface area contributed by atoms with Crippen LogP contribution in [-0.2, 0) is 10.9 Å². The van der Waals surface area contributed by atoms with Crippen LogP contribution in [0.4, 0.5) is 30.6 Å². The number of aromatic nitrogens is 4. The van der Waals surface area contributed by atoms with Crippen molar-refractivity contribution in [1.82, 2.24) is 18.0 Å². The van der Waals surface area contributed by atoms with Crippen molar-refractivity contribution >= 4 is 51.4 Å². The van der Waals surface area contributed by atoms with Gasteiger partial charge in [-0.1, -0.05) is 0 Å². The highest BCUT2D eigenvalue weighted by molar-refractivity contribution is 14.1. The van der Waals surface area contributed by atoms with E-state index in [-0.39, 0.29) is 0 Å². The molecule has 28 heavy (non-hydrogen) atoms. The van der Waals surface area contributed by atoms with Gasteiger partial charge >= 0.3 is 6.18 Å². The van der Waals surface area contributed by atoms with Crippen molar-refractivity contribution in [3.63, 3.8) is 0 Å². The summed E-state index contributed by atoms with van der Waals surface area (Å²) in [6.07, 6.45) is -2.80. The molecule has 3 aromatic rings. The van der Waals surface area contributed by atoms with Gasteiger partial charge in [-0.2, -0.15) is 31.1 Å². The zero-order chi connectivity index (χ0) is 19.9. The van der Waals surface area contributed by atoms with Crippen molar-refractivity contribution < 1.29 is 17.9 Å². The highest BCUT2D eigenvalue weighted by atomic mass is 127. The van der Waals surface area contributed by atoms with Gasteiger partial charge in [0.05, 0.1) is 58.8 Å². The lowest BCUT2D eigenvalue weighted by Gasteiger charge is -2.37. The van der Waals surface area contributed by atoms with E-state index in [0.717, 1.165) is 12.1 Å². The fraction of sp³-hybridized carbons (Fsp3) is 0.312. The van der Waals surface area contributed by atoms with Crippen LogP contribution in [-0.4, -0.2) is 43.3 Å². The molecule has 0 amide bonds. The molecular formula is C16H15F3IN7O. The molecule has 3 heterocycles. The summed E-state index contributed by atoms with van der Waals surface area (Å²) < 4.78 is 44.9. The van der Waals surface area contributed by atoms with E-state index in [2.05, 4.69) is 25.7 Å². The van der Waals surface area contributed by atoms with Crippen molar-refractivity contribution in [3.8, 4) is 0 Å². The van der Waals surface area contributed by atoms with Crippen LogP contribution in [0.15, 0.2) is 30.5 Å². The van der Waals surface area contributed by atoms with Crippen LogP contribution < -0.4 is 16.4 Å². The van der Waals surface area contributed by atoms with E-state index in [1.54, 1.807) is 9.09 Å². The Hall–Kier alpha value is -2.19. The Labute approximate surface area is 171 Å². The average Bonchev–Trinajstić information content (AvgIpc) is 2.99. The summed E-state index contributed by atoms with van der Waals surface area (Å²) in [6.45, 7) is 1.32. The van der Waals surface area contributed by atoms with E-state index < -0.39 is 17.3 Å².